The summed E-state index contributed by atoms with van der Waals surface area (Å²) in [7, 11) is 4.09. The van der Waals surface area contributed by atoms with Gasteiger partial charge in [0.2, 0.25) is 0 Å². The summed E-state index contributed by atoms with van der Waals surface area (Å²) in [5, 5.41) is 18.2. The average Bonchev–Trinajstić information content (AvgIpc) is 3.48. The Balaban J connectivity index is 1.39. The molecule has 1 saturated carbocycles. The molecule has 1 saturated heterocycles. The van der Waals surface area contributed by atoms with Crippen LogP contribution >= 0.6 is 0 Å². The Morgan fingerprint density at radius 1 is 1.15 bits per heavy atom. The summed E-state index contributed by atoms with van der Waals surface area (Å²) >= 11 is 0. The standard InChI is InChI=1S/C29H38F3N7O2/c1-18-12-21-20(13-33-36-21)24(23(18)29(30,31)32)38-11-6-19-22(14-38)34-26(41-17-28(8-9-28)16-37(3)4)35-25(19)39-10-5-7-27(2,40)15-39/h12-13,40H,5-11,14-17H2,1-4H3,(H,33,36). The number of halogens is 3. The molecule has 2 aliphatic heterocycles. The lowest BCUT2D eigenvalue weighted by Crippen LogP contribution is -2.47. The highest BCUT2D eigenvalue weighted by molar-refractivity contribution is 5.95. The molecule has 9 nitrogen and oxygen atoms in total. The van der Waals surface area contributed by atoms with Gasteiger partial charge < -0.3 is 24.5 Å². The number of aromatic nitrogens is 4. The summed E-state index contributed by atoms with van der Waals surface area (Å²) in [6.45, 7) is 6.41. The van der Waals surface area contributed by atoms with Crippen molar-refractivity contribution in [2.24, 2.45) is 5.41 Å². The Bertz CT molecular complexity index is 1450. The summed E-state index contributed by atoms with van der Waals surface area (Å²) in [5.74, 6) is 0.718. The molecule has 0 amide bonds. The number of benzene rings is 1. The molecule has 0 spiro atoms. The van der Waals surface area contributed by atoms with Crippen LogP contribution in [0.15, 0.2) is 12.3 Å². The van der Waals surface area contributed by atoms with Gasteiger partial charge in [-0.15, -0.1) is 0 Å². The van der Waals surface area contributed by atoms with Gasteiger partial charge in [0.05, 0.1) is 47.4 Å². The lowest BCUT2D eigenvalue weighted by atomic mass is 9.94. The first kappa shape index (κ1) is 28.0. The Morgan fingerprint density at radius 2 is 1.93 bits per heavy atom. The number of nitrogens with zero attached hydrogens (tertiary/aromatic N) is 6. The van der Waals surface area contributed by atoms with E-state index < -0.39 is 17.3 Å². The molecule has 222 valence electrons. The Hall–Kier alpha value is -3.12. The van der Waals surface area contributed by atoms with Crippen molar-refractivity contribution in [1.82, 2.24) is 25.1 Å². The highest BCUT2D eigenvalue weighted by Gasteiger charge is 2.44. The van der Waals surface area contributed by atoms with E-state index in [1.165, 1.54) is 19.2 Å². The molecule has 4 heterocycles. The van der Waals surface area contributed by atoms with Crippen LogP contribution in [0.5, 0.6) is 6.01 Å². The minimum absolute atomic E-state index is 0.0693. The number of aliphatic hydroxyl groups is 1. The number of fused-ring (bicyclic) bond motifs is 2. The summed E-state index contributed by atoms with van der Waals surface area (Å²) in [6.07, 6.45) is 1.07. The van der Waals surface area contributed by atoms with E-state index >= 15 is 0 Å². The smallest absolute Gasteiger partial charge is 0.418 e. The number of hydrogen-bond acceptors (Lipinski definition) is 8. The molecular weight excluding hydrogens is 535 g/mol. The van der Waals surface area contributed by atoms with Crippen LogP contribution in [0.25, 0.3) is 10.9 Å². The number of H-pyrrole nitrogens is 1. The van der Waals surface area contributed by atoms with Gasteiger partial charge in [0, 0.05) is 42.5 Å². The maximum absolute atomic E-state index is 14.4. The van der Waals surface area contributed by atoms with Crippen LogP contribution in [0.3, 0.4) is 0 Å². The fourth-order valence-corrected chi connectivity index (χ4v) is 6.61. The van der Waals surface area contributed by atoms with E-state index in [1.807, 2.05) is 21.0 Å². The molecule has 12 heteroatoms. The Kier molecular flexibility index (Phi) is 6.84. The zero-order valence-electron chi connectivity index (χ0n) is 24.1. The van der Waals surface area contributed by atoms with Crippen molar-refractivity contribution in [3.63, 3.8) is 0 Å². The van der Waals surface area contributed by atoms with Gasteiger partial charge in [-0.25, -0.2) is 0 Å². The van der Waals surface area contributed by atoms with Crippen molar-refractivity contribution in [3.8, 4) is 6.01 Å². The Morgan fingerprint density at radius 3 is 2.61 bits per heavy atom. The van der Waals surface area contributed by atoms with Gasteiger partial charge >= 0.3 is 12.2 Å². The van der Waals surface area contributed by atoms with Crippen LogP contribution in [0, 0.1) is 12.3 Å². The van der Waals surface area contributed by atoms with Crippen molar-refractivity contribution in [3.05, 3.63) is 34.6 Å². The second-order valence-electron chi connectivity index (χ2n) is 12.7. The third kappa shape index (κ3) is 5.55. The van der Waals surface area contributed by atoms with Gasteiger partial charge in [-0.2, -0.15) is 28.2 Å². The lowest BCUT2D eigenvalue weighted by molar-refractivity contribution is -0.137. The molecule has 41 heavy (non-hydrogen) atoms. The van der Waals surface area contributed by atoms with E-state index in [4.69, 9.17) is 14.7 Å². The highest BCUT2D eigenvalue weighted by Crippen LogP contribution is 2.47. The predicted molar refractivity (Wildman–Crippen MR) is 150 cm³/mol. The van der Waals surface area contributed by atoms with Crippen molar-refractivity contribution < 1.29 is 23.0 Å². The maximum Gasteiger partial charge on any atom is 0.418 e. The van der Waals surface area contributed by atoms with Gasteiger partial charge in [0.1, 0.15) is 5.82 Å². The normalized spacial score (nSPS) is 22.4. The quantitative estimate of drug-likeness (QED) is 0.432. The van der Waals surface area contributed by atoms with Crippen molar-refractivity contribution in [1.29, 1.82) is 0 Å². The van der Waals surface area contributed by atoms with Gasteiger partial charge in [0.15, 0.2) is 0 Å². The summed E-state index contributed by atoms with van der Waals surface area (Å²) in [5.41, 5.74) is 0.974. The summed E-state index contributed by atoms with van der Waals surface area (Å²) in [4.78, 5) is 15.6. The number of alkyl halides is 3. The number of aryl methyl sites for hydroxylation is 1. The topological polar surface area (TPSA) is 93.6 Å². The van der Waals surface area contributed by atoms with Crippen LogP contribution in [0.1, 0.15) is 55.0 Å². The largest absolute Gasteiger partial charge is 0.463 e. The van der Waals surface area contributed by atoms with Gasteiger partial charge in [-0.05, 0) is 71.7 Å². The van der Waals surface area contributed by atoms with Crippen molar-refractivity contribution >= 4 is 22.4 Å². The van der Waals surface area contributed by atoms with Crippen molar-refractivity contribution in [2.45, 2.75) is 64.3 Å². The highest BCUT2D eigenvalue weighted by atomic mass is 19.4. The van der Waals surface area contributed by atoms with E-state index in [1.54, 1.807) is 4.90 Å². The fourth-order valence-electron chi connectivity index (χ4n) is 6.61. The molecule has 0 bridgehead atoms. The summed E-state index contributed by atoms with van der Waals surface area (Å²) < 4.78 is 49.5. The molecule has 1 unspecified atom stereocenters. The molecule has 1 aromatic carbocycles. The first-order valence-electron chi connectivity index (χ1n) is 14.3. The molecule has 3 aromatic rings. The second kappa shape index (κ2) is 10.0. The van der Waals surface area contributed by atoms with Crippen LogP contribution in [0.2, 0.25) is 0 Å². The van der Waals surface area contributed by atoms with Crippen LogP contribution in [0.4, 0.5) is 24.7 Å². The van der Waals surface area contributed by atoms with E-state index in [0.29, 0.717) is 49.1 Å². The molecule has 1 atom stereocenters. The number of hydrogen-bond donors (Lipinski definition) is 2. The predicted octanol–water partition coefficient (Wildman–Crippen LogP) is 4.31. The van der Waals surface area contributed by atoms with Crippen LogP contribution in [-0.2, 0) is 19.1 Å². The second-order valence-corrected chi connectivity index (χ2v) is 12.7. The third-order valence-corrected chi connectivity index (χ3v) is 8.63. The number of anilines is 2. The monoisotopic (exact) mass is 573 g/mol. The zero-order chi connectivity index (χ0) is 29.2. The Labute approximate surface area is 237 Å². The first-order chi connectivity index (χ1) is 19.3. The number of β-amino-alcohol motifs (C(OH)–C–C–N with tert-alkyl or cyclic N) is 1. The average molecular weight is 574 g/mol. The molecule has 6 rings (SSSR count). The van der Waals surface area contributed by atoms with E-state index in [0.717, 1.165) is 43.7 Å². The zero-order valence-corrected chi connectivity index (χ0v) is 24.1. The molecule has 2 fully saturated rings. The van der Waals surface area contributed by atoms with Gasteiger partial charge in [-0.3, -0.25) is 5.10 Å². The van der Waals surface area contributed by atoms with Crippen molar-refractivity contribution in [2.75, 3.05) is 56.7 Å². The minimum atomic E-state index is -4.53. The third-order valence-electron chi connectivity index (χ3n) is 8.63. The molecule has 2 aromatic heterocycles. The van der Waals surface area contributed by atoms with Gasteiger partial charge in [0.25, 0.3) is 0 Å². The maximum atomic E-state index is 14.4. The molecular formula is C29H38F3N7O2. The molecule has 2 N–H and O–H groups in total. The lowest BCUT2D eigenvalue weighted by Gasteiger charge is -2.40. The van der Waals surface area contributed by atoms with Crippen LogP contribution in [-0.4, -0.2) is 82.7 Å². The number of rotatable bonds is 7. The molecule has 1 aliphatic carbocycles. The van der Waals surface area contributed by atoms with E-state index in [9.17, 15) is 18.3 Å². The summed E-state index contributed by atoms with van der Waals surface area (Å²) in [6, 6.07) is 1.74. The molecule has 3 aliphatic rings. The minimum Gasteiger partial charge on any atom is -0.463 e. The van der Waals surface area contributed by atoms with E-state index in [2.05, 4.69) is 20.0 Å². The van der Waals surface area contributed by atoms with Crippen LogP contribution < -0.4 is 14.5 Å². The SMILES string of the molecule is Cc1cc2[nH]ncc2c(N2CCc3c(nc(OCC4(CN(C)C)CC4)nc3N3CCCC(C)(O)C3)C2)c1C(F)(F)F. The van der Waals surface area contributed by atoms with E-state index in [-0.39, 0.29) is 29.2 Å². The number of aromatic amines is 1. The van der Waals surface area contributed by atoms with Gasteiger partial charge in [-0.1, -0.05) is 0 Å². The number of nitrogens with one attached hydrogen (secondary N) is 1. The first-order valence-corrected chi connectivity index (χ1v) is 14.3. The molecule has 0 radical (unpaired) electrons. The number of ether oxygens (including phenoxy) is 1. The number of piperidine rings is 1. The fraction of sp³-hybridized carbons (Fsp3) is 0.621.